The minimum absolute atomic E-state index is 0.702. The number of aromatic nitrogens is 1. The van der Waals surface area contributed by atoms with Gasteiger partial charge in [0.15, 0.2) is 0 Å². The predicted molar refractivity (Wildman–Crippen MR) is 75.0 cm³/mol. The first-order valence-corrected chi connectivity index (χ1v) is 7.21. The van der Waals surface area contributed by atoms with Crippen molar-refractivity contribution in [1.82, 2.24) is 15.0 Å². The molecule has 2 aliphatic heterocycles. The largest absolute Gasteiger partial charge is 0.361 e. The van der Waals surface area contributed by atoms with Gasteiger partial charge in [0.1, 0.15) is 5.76 Å². The van der Waals surface area contributed by atoms with Crippen LogP contribution in [0.3, 0.4) is 0 Å². The molecule has 0 bridgehead atoms. The summed E-state index contributed by atoms with van der Waals surface area (Å²) in [4.78, 5) is 5.19. The van der Waals surface area contributed by atoms with Crippen molar-refractivity contribution in [3.8, 4) is 0 Å². The zero-order valence-corrected chi connectivity index (χ0v) is 11.9. The van der Waals surface area contributed by atoms with Crippen LogP contribution >= 0.6 is 0 Å². The van der Waals surface area contributed by atoms with Crippen LogP contribution < -0.4 is 0 Å². The third-order valence-corrected chi connectivity index (χ3v) is 4.71. The quantitative estimate of drug-likeness (QED) is 0.777. The number of hydrogen-bond donors (Lipinski definition) is 0. The molecule has 2 aliphatic rings. The third kappa shape index (κ3) is 2.23. The van der Waals surface area contributed by atoms with Gasteiger partial charge in [-0.2, -0.15) is 0 Å². The van der Waals surface area contributed by atoms with Gasteiger partial charge in [-0.05, 0) is 26.7 Å². The predicted octanol–water partition coefficient (Wildman–Crippen LogP) is 2.13. The lowest BCUT2D eigenvalue weighted by atomic mass is 10.1. The Hall–Kier alpha value is -1.13. The van der Waals surface area contributed by atoms with Crippen molar-refractivity contribution < 1.29 is 4.52 Å². The molecule has 0 aromatic carbocycles. The summed E-state index contributed by atoms with van der Waals surface area (Å²) in [5.41, 5.74) is 2.32. The number of fused-ring (bicyclic) bond motifs is 1. The Kier molecular flexibility index (Phi) is 3.46. The number of hydrogen-bond acceptors (Lipinski definition) is 4. The van der Waals surface area contributed by atoms with Crippen molar-refractivity contribution in [1.29, 1.82) is 0 Å². The Morgan fingerprint density at radius 3 is 2.58 bits per heavy atom. The van der Waals surface area contributed by atoms with Crippen molar-refractivity contribution in [2.24, 2.45) is 0 Å². The lowest BCUT2D eigenvalue weighted by molar-refractivity contribution is 0.224. The zero-order valence-electron chi connectivity index (χ0n) is 11.9. The summed E-state index contributed by atoms with van der Waals surface area (Å²) in [5, 5.41) is 4.06. The third-order valence-electron chi connectivity index (χ3n) is 4.71. The SMILES string of the molecule is C=CCN1CC[C@H]2[C@@H]1CCN2Cc1c(C)noc1C. The molecule has 2 fully saturated rings. The van der Waals surface area contributed by atoms with Crippen LogP contribution in [0.4, 0.5) is 0 Å². The van der Waals surface area contributed by atoms with Gasteiger partial charge >= 0.3 is 0 Å². The molecule has 3 heterocycles. The maximum atomic E-state index is 5.28. The van der Waals surface area contributed by atoms with Gasteiger partial charge in [-0.25, -0.2) is 0 Å². The lowest BCUT2D eigenvalue weighted by Crippen LogP contribution is -2.36. The molecule has 1 aromatic heterocycles. The summed E-state index contributed by atoms with van der Waals surface area (Å²) in [7, 11) is 0. The first-order valence-electron chi connectivity index (χ1n) is 7.21. The van der Waals surface area contributed by atoms with E-state index in [0.29, 0.717) is 6.04 Å². The van der Waals surface area contributed by atoms with Gasteiger partial charge in [-0.3, -0.25) is 9.80 Å². The topological polar surface area (TPSA) is 32.5 Å². The molecule has 4 heteroatoms. The first-order chi connectivity index (χ1) is 9.20. The molecule has 0 saturated carbocycles. The first kappa shape index (κ1) is 12.9. The highest BCUT2D eigenvalue weighted by Gasteiger charge is 2.41. The molecule has 104 valence electrons. The van der Waals surface area contributed by atoms with Gasteiger partial charge in [-0.15, -0.1) is 6.58 Å². The minimum atomic E-state index is 0.702. The zero-order chi connectivity index (χ0) is 13.4. The van der Waals surface area contributed by atoms with Gasteiger partial charge in [0.05, 0.1) is 5.69 Å². The molecule has 0 aliphatic carbocycles. The number of aryl methyl sites for hydroxylation is 2. The molecular formula is C15H23N3O. The highest BCUT2D eigenvalue weighted by Crippen LogP contribution is 2.33. The van der Waals surface area contributed by atoms with E-state index in [4.69, 9.17) is 4.52 Å². The van der Waals surface area contributed by atoms with E-state index >= 15 is 0 Å². The van der Waals surface area contributed by atoms with Crippen LogP contribution in [0, 0.1) is 13.8 Å². The lowest BCUT2D eigenvalue weighted by Gasteiger charge is -2.24. The van der Waals surface area contributed by atoms with E-state index in [2.05, 4.69) is 21.5 Å². The summed E-state index contributed by atoms with van der Waals surface area (Å²) in [6.07, 6.45) is 4.59. The Labute approximate surface area is 115 Å². The van der Waals surface area contributed by atoms with E-state index in [0.717, 1.165) is 30.6 Å². The molecule has 2 atom stereocenters. The van der Waals surface area contributed by atoms with Crippen LogP contribution in [-0.4, -0.2) is 46.7 Å². The Morgan fingerprint density at radius 1 is 1.26 bits per heavy atom. The highest BCUT2D eigenvalue weighted by atomic mass is 16.5. The maximum absolute atomic E-state index is 5.28. The minimum Gasteiger partial charge on any atom is -0.361 e. The van der Waals surface area contributed by atoms with Crippen molar-refractivity contribution in [2.45, 2.75) is 45.3 Å². The average Bonchev–Trinajstić information content (AvgIpc) is 3.04. The Balaban J connectivity index is 1.70. The Bertz CT molecular complexity index is 448. The monoisotopic (exact) mass is 261 g/mol. The second kappa shape index (κ2) is 5.10. The van der Waals surface area contributed by atoms with Crippen LogP contribution in [0.15, 0.2) is 17.2 Å². The van der Waals surface area contributed by atoms with Crippen molar-refractivity contribution in [2.75, 3.05) is 19.6 Å². The van der Waals surface area contributed by atoms with E-state index in [1.807, 2.05) is 19.9 Å². The van der Waals surface area contributed by atoms with Crippen LogP contribution in [0.2, 0.25) is 0 Å². The highest BCUT2D eigenvalue weighted by molar-refractivity contribution is 5.21. The molecular weight excluding hydrogens is 238 g/mol. The van der Waals surface area contributed by atoms with E-state index in [9.17, 15) is 0 Å². The molecule has 0 N–H and O–H groups in total. The summed E-state index contributed by atoms with van der Waals surface area (Å²) in [6.45, 7) is 12.3. The Morgan fingerprint density at radius 2 is 1.95 bits per heavy atom. The van der Waals surface area contributed by atoms with Crippen LogP contribution in [0.1, 0.15) is 29.9 Å². The summed E-state index contributed by atoms with van der Waals surface area (Å²) < 4.78 is 5.28. The number of rotatable bonds is 4. The molecule has 0 amide bonds. The van der Waals surface area contributed by atoms with Crippen molar-refractivity contribution in [3.63, 3.8) is 0 Å². The second-order valence-corrected chi connectivity index (χ2v) is 5.77. The molecule has 19 heavy (non-hydrogen) atoms. The summed E-state index contributed by atoms with van der Waals surface area (Å²) in [6, 6.07) is 1.42. The molecule has 0 unspecified atom stereocenters. The van der Waals surface area contributed by atoms with Crippen molar-refractivity contribution in [3.05, 3.63) is 29.7 Å². The summed E-state index contributed by atoms with van der Waals surface area (Å²) in [5.74, 6) is 0.974. The van der Waals surface area contributed by atoms with Crippen LogP contribution in [0.25, 0.3) is 0 Å². The van der Waals surface area contributed by atoms with E-state index in [1.165, 1.54) is 31.5 Å². The fourth-order valence-corrected chi connectivity index (χ4v) is 3.68. The maximum Gasteiger partial charge on any atom is 0.138 e. The molecule has 4 nitrogen and oxygen atoms in total. The second-order valence-electron chi connectivity index (χ2n) is 5.77. The number of nitrogens with zero attached hydrogens (tertiary/aromatic N) is 3. The normalized spacial score (nSPS) is 27.9. The van der Waals surface area contributed by atoms with Gasteiger partial charge < -0.3 is 4.52 Å². The fraction of sp³-hybridized carbons (Fsp3) is 0.667. The molecule has 0 radical (unpaired) electrons. The molecule has 0 spiro atoms. The molecule has 1 aromatic rings. The smallest absolute Gasteiger partial charge is 0.138 e. The fourth-order valence-electron chi connectivity index (χ4n) is 3.68. The number of likely N-dealkylation sites (tertiary alicyclic amines) is 2. The van der Waals surface area contributed by atoms with Gasteiger partial charge in [0.2, 0.25) is 0 Å². The van der Waals surface area contributed by atoms with Gasteiger partial charge in [0, 0.05) is 43.8 Å². The van der Waals surface area contributed by atoms with E-state index in [-0.39, 0.29) is 0 Å². The standard InChI is InChI=1S/C15H23N3O/c1-4-7-17-8-5-15-14(17)6-9-18(15)10-13-11(2)16-19-12(13)3/h4,14-15H,1,5-10H2,2-3H3/t14-,15-/m0/s1. The average molecular weight is 261 g/mol. The van der Waals surface area contributed by atoms with Crippen LogP contribution in [0.5, 0.6) is 0 Å². The van der Waals surface area contributed by atoms with Gasteiger partial charge in [-0.1, -0.05) is 11.2 Å². The van der Waals surface area contributed by atoms with E-state index in [1.54, 1.807) is 0 Å². The van der Waals surface area contributed by atoms with Crippen LogP contribution in [-0.2, 0) is 6.54 Å². The van der Waals surface area contributed by atoms with Gasteiger partial charge in [0.25, 0.3) is 0 Å². The molecule has 2 saturated heterocycles. The summed E-state index contributed by atoms with van der Waals surface area (Å²) >= 11 is 0. The van der Waals surface area contributed by atoms with E-state index < -0.39 is 0 Å². The molecule has 3 rings (SSSR count). The van der Waals surface area contributed by atoms with Crippen molar-refractivity contribution >= 4 is 0 Å².